The monoisotopic (exact) mass is 172 g/mol. The lowest BCUT2D eigenvalue weighted by molar-refractivity contribution is 0.322. The van der Waals surface area contributed by atoms with Gasteiger partial charge in [-0.1, -0.05) is 23.4 Å². The van der Waals surface area contributed by atoms with Crippen LogP contribution < -0.4 is 0 Å². The second-order valence-corrected chi connectivity index (χ2v) is 2.70. The van der Waals surface area contributed by atoms with E-state index >= 15 is 0 Å². The van der Waals surface area contributed by atoms with Crippen LogP contribution in [0.3, 0.4) is 0 Å². The summed E-state index contributed by atoms with van der Waals surface area (Å²) >= 11 is 0. The molecule has 2 aromatic rings. The van der Waals surface area contributed by atoms with Crippen molar-refractivity contribution in [1.29, 1.82) is 0 Å². The molecule has 3 nitrogen and oxygen atoms in total. The highest BCUT2D eigenvalue weighted by Gasteiger charge is 1.93. The van der Waals surface area contributed by atoms with Crippen LogP contribution in [0, 0.1) is 0 Å². The van der Waals surface area contributed by atoms with Crippen molar-refractivity contribution in [3.05, 3.63) is 42.1 Å². The van der Waals surface area contributed by atoms with Gasteiger partial charge in [0.25, 0.3) is 0 Å². The van der Waals surface area contributed by atoms with Crippen LogP contribution in [0.2, 0.25) is 0 Å². The third kappa shape index (κ3) is 1.49. The van der Waals surface area contributed by atoms with Crippen molar-refractivity contribution in [3.8, 4) is 0 Å². The topological polar surface area (TPSA) is 45.5 Å². The van der Waals surface area contributed by atoms with Crippen LogP contribution in [-0.4, -0.2) is 16.4 Å². The lowest BCUT2D eigenvalue weighted by Crippen LogP contribution is -1.83. The number of aromatic nitrogens is 1. The predicted molar refractivity (Wildman–Crippen MR) is 51.1 cm³/mol. The van der Waals surface area contributed by atoms with Gasteiger partial charge in [0, 0.05) is 11.6 Å². The molecule has 2 rings (SSSR count). The van der Waals surface area contributed by atoms with E-state index in [1.54, 1.807) is 6.20 Å². The van der Waals surface area contributed by atoms with Crippen molar-refractivity contribution < 1.29 is 5.21 Å². The summed E-state index contributed by atoms with van der Waals surface area (Å²) in [6.07, 6.45) is 3.12. The van der Waals surface area contributed by atoms with E-state index in [0.29, 0.717) is 0 Å². The van der Waals surface area contributed by atoms with Gasteiger partial charge in [-0.15, -0.1) is 0 Å². The summed E-state index contributed by atoms with van der Waals surface area (Å²) in [7, 11) is 0. The average molecular weight is 172 g/mol. The largest absolute Gasteiger partial charge is 0.411 e. The third-order valence-electron chi connectivity index (χ3n) is 1.84. The molecule has 0 saturated heterocycles. The smallest absolute Gasteiger partial charge is 0.0734 e. The number of hydrogen-bond acceptors (Lipinski definition) is 3. The third-order valence-corrected chi connectivity index (χ3v) is 1.84. The fourth-order valence-corrected chi connectivity index (χ4v) is 1.23. The minimum atomic E-state index is 0.841. The Hall–Kier alpha value is -1.90. The maximum absolute atomic E-state index is 8.34. The summed E-state index contributed by atoms with van der Waals surface area (Å²) in [5.41, 5.74) is 1.74. The number of oxime groups is 1. The molecule has 1 aromatic carbocycles. The quantitative estimate of drug-likeness (QED) is 0.406. The molecule has 3 heteroatoms. The molecular weight excluding hydrogens is 164 g/mol. The predicted octanol–water partition coefficient (Wildman–Crippen LogP) is 2.04. The molecule has 0 amide bonds. The van der Waals surface area contributed by atoms with Crippen LogP contribution in [0.15, 0.2) is 41.7 Å². The Kier molecular flexibility index (Phi) is 1.92. The highest BCUT2D eigenvalue weighted by atomic mass is 16.4. The molecule has 0 saturated carbocycles. The van der Waals surface area contributed by atoms with Gasteiger partial charge >= 0.3 is 0 Å². The maximum Gasteiger partial charge on any atom is 0.0734 e. The zero-order valence-corrected chi connectivity index (χ0v) is 6.88. The van der Waals surface area contributed by atoms with E-state index in [2.05, 4.69) is 10.1 Å². The van der Waals surface area contributed by atoms with Crippen molar-refractivity contribution in [2.45, 2.75) is 0 Å². The van der Waals surface area contributed by atoms with Crippen LogP contribution in [-0.2, 0) is 0 Å². The first-order valence-electron chi connectivity index (χ1n) is 3.92. The highest BCUT2D eigenvalue weighted by Crippen LogP contribution is 2.11. The molecule has 1 heterocycles. The number of nitrogens with zero attached hydrogens (tertiary/aromatic N) is 2. The van der Waals surface area contributed by atoms with Crippen molar-refractivity contribution >= 4 is 17.1 Å². The van der Waals surface area contributed by atoms with Gasteiger partial charge in [-0.3, -0.25) is 4.98 Å². The number of hydrogen-bond donors (Lipinski definition) is 1. The Morgan fingerprint density at radius 1 is 1.31 bits per heavy atom. The number of pyridine rings is 1. The molecule has 0 bridgehead atoms. The van der Waals surface area contributed by atoms with Gasteiger partial charge in [0.05, 0.1) is 11.7 Å². The number of rotatable bonds is 1. The van der Waals surface area contributed by atoms with E-state index < -0.39 is 0 Å². The van der Waals surface area contributed by atoms with Crippen LogP contribution >= 0.6 is 0 Å². The summed E-state index contributed by atoms with van der Waals surface area (Å²) in [4.78, 5) is 4.18. The Bertz CT molecular complexity index is 451. The van der Waals surface area contributed by atoms with E-state index in [-0.39, 0.29) is 0 Å². The zero-order valence-electron chi connectivity index (χ0n) is 6.88. The molecule has 0 fully saturated rings. The van der Waals surface area contributed by atoms with Crippen LogP contribution in [0.25, 0.3) is 10.9 Å². The van der Waals surface area contributed by atoms with Gasteiger partial charge in [0.2, 0.25) is 0 Å². The lowest BCUT2D eigenvalue weighted by atomic mass is 10.1. The molecule has 0 atom stereocenters. The Morgan fingerprint density at radius 2 is 2.23 bits per heavy atom. The molecule has 0 spiro atoms. The van der Waals surface area contributed by atoms with Gasteiger partial charge in [-0.05, 0) is 17.7 Å². The first kappa shape index (κ1) is 7.73. The normalized spacial score (nSPS) is 11.1. The van der Waals surface area contributed by atoms with Crippen LogP contribution in [0.5, 0.6) is 0 Å². The Morgan fingerprint density at radius 3 is 3.08 bits per heavy atom. The summed E-state index contributed by atoms with van der Waals surface area (Å²) < 4.78 is 0. The van der Waals surface area contributed by atoms with Crippen LogP contribution in [0.1, 0.15) is 5.56 Å². The minimum absolute atomic E-state index is 0.841. The average Bonchev–Trinajstić information content (AvgIpc) is 2.18. The standard InChI is InChI=1S/C10H8N2O/c13-12-7-8-3-4-9-2-1-5-11-10(9)6-8/h1-7,13H/b12-7+. The molecule has 1 N–H and O–H groups in total. The van der Waals surface area contributed by atoms with E-state index in [9.17, 15) is 0 Å². The molecule has 0 aliphatic rings. The SMILES string of the molecule is O/N=C/c1ccc2cccnc2c1. The van der Waals surface area contributed by atoms with Gasteiger partial charge in [-0.2, -0.15) is 0 Å². The summed E-state index contributed by atoms with van der Waals surface area (Å²) in [5, 5.41) is 12.4. The molecular formula is C10H8N2O. The van der Waals surface area contributed by atoms with E-state index in [1.807, 2.05) is 30.3 Å². The second-order valence-electron chi connectivity index (χ2n) is 2.70. The first-order valence-corrected chi connectivity index (χ1v) is 3.92. The Balaban J connectivity index is 2.62. The first-order chi connectivity index (χ1) is 6.40. The van der Waals surface area contributed by atoms with Crippen molar-refractivity contribution in [1.82, 2.24) is 4.98 Å². The zero-order chi connectivity index (χ0) is 9.10. The Labute approximate surface area is 75.3 Å². The van der Waals surface area contributed by atoms with Crippen LogP contribution in [0.4, 0.5) is 0 Å². The van der Waals surface area contributed by atoms with Crippen molar-refractivity contribution in [2.75, 3.05) is 0 Å². The molecule has 13 heavy (non-hydrogen) atoms. The highest BCUT2D eigenvalue weighted by molar-refractivity contribution is 5.87. The number of benzene rings is 1. The van der Waals surface area contributed by atoms with Gasteiger partial charge in [-0.25, -0.2) is 0 Å². The maximum atomic E-state index is 8.34. The minimum Gasteiger partial charge on any atom is -0.411 e. The van der Waals surface area contributed by atoms with E-state index in [1.165, 1.54) is 6.21 Å². The van der Waals surface area contributed by atoms with Crippen molar-refractivity contribution in [2.24, 2.45) is 5.16 Å². The molecule has 64 valence electrons. The second kappa shape index (κ2) is 3.23. The van der Waals surface area contributed by atoms with E-state index in [4.69, 9.17) is 5.21 Å². The fraction of sp³-hybridized carbons (Fsp3) is 0. The van der Waals surface area contributed by atoms with Crippen molar-refractivity contribution in [3.63, 3.8) is 0 Å². The summed E-state index contributed by atoms with van der Waals surface area (Å²) in [6.45, 7) is 0. The molecule has 0 aliphatic carbocycles. The van der Waals surface area contributed by atoms with Gasteiger partial charge in [0.1, 0.15) is 0 Å². The number of fused-ring (bicyclic) bond motifs is 1. The molecule has 0 radical (unpaired) electrons. The lowest BCUT2D eigenvalue weighted by Gasteiger charge is -1.96. The van der Waals surface area contributed by atoms with Gasteiger partial charge in [0.15, 0.2) is 0 Å². The summed E-state index contributed by atoms with van der Waals surface area (Å²) in [5.74, 6) is 0. The fourth-order valence-electron chi connectivity index (χ4n) is 1.23. The molecule has 0 aliphatic heterocycles. The molecule has 0 unspecified atom stereocenters. The summed E-state index contributed by atoms with van der Waals surface area (Å²) in [6, 6.07) is 9.57. The molecule has 1 aromatic heterocycles. The van der Waals surface area contributed by atoms with E-state index in [0.717, 1.165) is 16.5 Å². The van der Waals surface area contributed by atoms with Gasteiger partial charge < -0.3 is 5.21 Å².